The maximum Gasteiger partial charge on any atom is 0.247 e. The summed E-state index contributed by atoms with van der Waals surface area (Å²) in [6.45, 7) is 2.02. The highest BCUT2D eigenvalue weighted by atomic mass is 35.5. The molecule has 1 amide bonds. The Labute approximate surface area is 110 Å². The van der Waals surface area contributed by atoms with Gasteiger partial charge in [0.2, 0.25) is 5.91 Å². The fourth-order valence-electron chi connectivity index (χ4n) is 1.36. The minimum atomic E-state index is -0.230. The third-order valence-corrected chi connectivity index (χ3v) is 3.98. The van der Waals surface area contributed by atoms with Crippen LogP contribution in [0.2, 0.25) is 5.02 Å². The second-order valence-corrected chi connectivity index (χ2v) is 5.25. The molecule has 0 radical (unpaired) electrons. The van der Waals surface area contributed by atoms with E-state index in [2.05, 4.69) is 5.43 Å². The summed E-state index contributed by atoms with van der Waals surface area (Å²) in [7, 11) is 0. The van der Waals surface area contributed by atoms with Gasteiger partial charge < -0.3 is 5.73 Å². The highest BCUT2D eigenvalue weighted by molar-refractivity contribution is 8.00. The molecule has 0 aliphatic carbocycles. The molecule has 1 unspecified atom stereocenters. The predicted molar refractivity (Wildman–Crippen MR) is 72.7 cm³/mol. The normalized spacial score (nSPS) is 12.2. The van der Waals surface area contributed by atoms with Gasteiger partial charge >= 0.3 is 0 Å². The minimum Gasteiger partial charge on any atom is -0.399 e. The molecule has 0 heterocycles. The van der Waals surface area contributed by atoms with Gasteiger partial charge in [-0.05, 0) is 24.6 Å². The molecule has 0 saturated carbocycles. The summed E-state index contributed by atoms with van der Waals surface area (Å²) in [5.41, 5.74) is 8.39. The smallest absolute Gasteiger partial charge is 0.247 e. The zero-order chi connectivity index (χ0) is 12.8. The first-order valence-corrected chi connectivity index (χ1v) is 6.56. The number of carbonyl (C=O) groups excluding carboxylic acids is 1. The van der Waals surface area contributed by atoms with Gasteiger partial charge in [-0.2, -0.15) is 0 Å². The summed E-state index contributed by atoms with van der Waals surface area (Å²) in [5.74, 6) is 4.96. The van der Waals surface area contributed by atoms with E-state index in [-0.39, 0.29) is 11.2 Å². The monoisotopic (exact) mass is 273 g/mol. The van der Waals surface area contributed by atoms with Gasteiger partial charge in [-0.25, -0.2) is 5.84 Å². The Kier molecular flexibility index (Phi) is 5.61. The van der Waals surface area contributed by atoms with E-state index < -0.39 is 0 Å². The Morgan fingerprint density at radius 2 is 2.29 bits per heavy atom. The summed E-state index contributed by atoms with van der Waals surface area (Å²) >= 11 is 7.46. The maximum atomic E-state index is 11.6. The molecule has 0 aliphatic heterocycles. The molecule has 1 aromatic rings. The van der Waals surface area contributed by atoms with Crippen LogP contribution in [0.5, 0.6) is 0 Å². The molecule has 0 saturated heterocycles. The van der Waals surface area contributed by atoms with Crippen molar-refractivity contribution in [2.24, 2.45) is 5.84 Å². The number of anilines is 1. The average Bonchev–Trinajstić information content (AvgIpc) is 2.30. The lowest BCUT2D eigenvalue weighted by atomic mass is 10.2. The molecule has 0 bridgehead atoms. The molecule has 6 heteroatoms. The molecule has 5 N–H and O–H groups in total. The molecule has 17 heavy (non-hydrogen) atoms. The molecule has 0 fully saturated rings. The Bertz CT molecular complexity index is 400. The van der Waals surface area contributed by atoms with E-state index in [9.17, 15) is 4.79 Å². The number of halogens is 1. The van der Waals surface area contributed by atoms with Crippen LogP contribution in [-0.2, 0) is 4.79 Å². The van der Waals surface area contributed by atoms with E-state index in [1.165, 1.54) is 11.8 Å². The van der Waals surface area contributed by atoms with Crippen molar-refractivity contribution < 1.29 is 4.79 Å². The summed E-state index contributed by atoms with van der Waals surface area (Å²) in [4.78, 5) is 12.4. The van der Waals surface area contributed by atoms with Crippen molar-refractivity contribution in [1.82, 2.24) is 5.43 Å². The van der Waals surface area contributed by atoms with E-state index in [0.717, 1.165) is 17.7 Å². The quantitative estimate of drug-likeness (QED) is 0.252. The lowest BCUT2D eigenvalue weighted by Gasteiger charge is -2.14. The van der Waals surface area contributed by atoms with Crippen LogP contribution in [-0.4, -0.2) is 11.2 Å². The third kappa shape index (κ3) is 4.11. The molecule has 0 spiro atoms. The number of carbonyl (C=O) groups is 1. The Balaban J connectivity index is 2.82. The zero-order valence-corrected chi connectivity index (χ0v) is 11.1. The molecule has 0 aliphatic rings. The van der Waals surface area contributed by atoms with Crippen molar-refractivity contribution in [3.63, 3.8) is 0 Å². The number of hydrogen-bond acceptors (Lipinski definition) is 4. The first-order valence-electron chi connectivity index (χ1n) is 5.30. The van der Waals surface area contributed by atoms with E-state index in [4.69, 9.17) is 23.2 Å². The topological polar surface area (TPSA) is 81.1 Å². The number of hydrogen-bond donors (Lipinski definition) is 3. The summed E-state index contributed by atoms with van der Waals surface area (Å²) in [6.07, 6.45) is 1.64. The van der Waals surface area contributed by atoms with Crippen LogP contribution in [0.15, 0.2) is 23.1 Å². The molecule has 94 valence electrons. The van der Waals surface area contributed by atoms with Crippen molar-refractivity contribution in [1.29, 1.82) is 0 Å². The van der Waals surface area contributed by atoms with Gasteiger partial charge in [-0.3, -0.25) is 10.2 Å². The van der Waals surface area contributed by atoms with E-state index in [1.807, 2.05) is 13.0 Å². The standard InChI is InChI=1S/C11H16ClN3OS/c1-2-3-10(11(16)15-14)17-9-5-4-7(13)6-8(9)12/h4-6,10H,2-3,13-14H2,1H3,(H,15,16). The van der Waals surface area contributed by atoms with Crippen molar-refractivity contribution in [3.8, 4) is 0 Å². The second kappa shape index (κ2) is 6.74. The molecule has 1 atom stereocenters. The number of nitrogen functional groups attached to an aromatic ring is 1. The van der Waals surface area contributed by atoms with E-state index in [0.29, 0.717) is 10.7 Å². The Hall–Kier alpha value is -0.910. The molecule has 1 aromatic carbocycles. The molecule has 1 rings (SSSR count). The van der Waals surface area contributed by atoms with Crippen LogP contribution in [0, 0.1) is 0 Å². The number of benzene rings is 1. The summed E-state index contributed by atoms with van der Waals surface area (Å²) < 4.78 is 0. The van der Waals surface area contributed by atoms with Crippen LogP contribution in [0.1, 0.15) is 19.8 Å². The average molecular weight is 274 g/mol. The molecule has 4 nitrogen and oxygen atoms in total. The number of nitrogens with one attached hydrogen (secondary N) is 1. The van der Waals surface area contributed by atoms with Crippen LogP contribution in [0.25, 0.3) is 0 Å². The van der Waals surface area contributed by atoms with E-state index >= 15 is 0 Å². The van der Waals surface area contributed by atoms with Gasteiger partial charge in [0.25, 0.3) is 0 Å². The second-order valence-electron chi connectivity index (χ2n) is 3.59. The minimum absolute atomic E-state index is 0.190. The fraction of sp³-hybridized carbons (Fsp3) is 0.364. The Morgan fingerprint density at radius 3 is 2.82 bits per heavy atom. The largest absolute Gasteiger partial charge is 0.399 e. The number of hydrazine groups is 1. The predicted octanol–water partition coefficient (Wildman–Crippen LogP) is 2.17. The van der Waals surface area contributed by atoms with Gasteiger partial charge in [0.15, 0.2) is 0 Å². The number of amides is 1. The molecular formula is C11H16ClN3OS. The van der Waals surface area contributed by atoms with Crippen LogP contribution in [0.4, 0.5) is 5.69 Å². The molecule has 0 aromatic heterocycles. The van der Waals surface area contributed by atoms with Gasteiger partial charge in [0.1, 0.15) is 0 Å². The summed E-state index contributed by atoms with van der Waals surface area (Å²) in [6, 6.07) is 5.25. The zero-order valence-electron chi connectivity index (χ0n) is 9.57. The van der Waals surface area contributed by atoms with Gasteiger partial charge in [0, 0.05) is 10.6 Å². The highest BCUT2D eigenvalue weighted by Gasteiger charge is 2.19. The SMILES string of the molecule is CCCC(Sc1ccc(N)cc1Cl)C(=O)NN. The summed E-state index contributed by atoms with van der Waals surface area (Å²) in [5, 5.41) is 0.326. The molecular weight excluding hydrogens is 258 g/mol. The van der Waals surface area contributed by atoms with Crippen molar-refractivity contribution >= 4 is 35.0 Å². The lowest BCUT2D eigenvalue weighted by Crippen LogP contribution is -2.37. The number of nitrogens with two attached hydrogens (primary N) is 2. The lowest BCUT2D eigenvalue weighted by molar-refractivity contribution is -0.120. The van der Waals surface area contributed by atoms with E-state index in [1.54, 1.807) is 12.1 Å². The van der Waals surface area contributed by atoms with Crippen LogP contribution in [0.3, 0.4) is 0 Å². The van der Waals surface area contributed by atoms with Gasteiger partial charge in [0.05, 0.1) is 10.3 Å². The maximum absolute atomic E-state index is 11.6. The van der Waals surface area contributed by atoms with Gasteiger partial charge in [-0.15, -0.1) is 11.8 Å². The van der Waals surface area contributed by atoms with Crippen molar-refractivity contribution in [2.75, 3.05) is 5.73 Å². The van der Waals surface area contributed by atoms with Crippen molar-refractivity contribution in [3.05, 3.63) is 23.2 Å². The first-order chi connectivity index (χ1) is 8.08. The number of rotatable bonds is 5. The third-order valence-electron chi connectivity index (χ3n) is 2.21. The van der Waals surface area contributed by atoms with Crippen LogP contribution < -0.4 is 17.0 Å². The number of thioether (sulfide) groups is 1. The first kappa shape index (κ1) is 14.2. The van der Waals surface area contributed by atoms with Gasteiger partial charge in [-0.1, -0.05) is 24.9 Å². The van der Waals surface area contributed by atoms with Crippen molar-refractivity contribution in [2.45, 2.75) is 29.9 Å². The Morgan fingerprint density at radius 1 is 1.59 bits per heavy atom. The van der Waals surface area contributed by atoms with Crippen LogP contribution >= 0.6 is 23.4 Å². The highest BCUT2D eigenvalue weighted by Crippen LogP contribution is 2.33. The fourth-order valence-corrected chi connectivity index (χ4v) is 2.84.